The molecule has 320 valence electrons. The number of rotatable bonds is 8. The van der Waals surface area contributed by atoms with Gasteiger partial charge in [-0.3, -0.25) is 9.47 Å². The van der Waals surface area contributed by atoms with Crippen molar-refractivity contribution < 1.29 is 0 Å². The van der Waals surface area contributed by atoms with Gasteiger partial charge in [-0.05, 0) is 110 Å². The van der Waals surface area contributed by atoms with Crippen molar-refractivity contribution in [2.75, 3.05) is 9.80 Å². The second-order valence-electron chi connectivity index (χ2n) is 17.7. The number of anilines is 6. The van der Waals surface area contributed by atoms with E-state index in [4.69, 9.17) is 0 Å². The summed E-state index contributed by atoms with van der Waals surface area (Å²) in [5.74, 6) is 1.17. The standard InChI is InChI=1S/C64H45N3Si/c1-6-22-46(23-7-1)47-38-40-51(41-39-47)65(61-44-48-24-16-17-33-55(48)56-34-18-19-35-57(56)61)52-42-43-59-58(45-52)63-64(66(59)49-25-8-2-9-26-49)67(50-27-10-3-11-28-50)60-36-20-21-37-62(60)68(63,53-29-12-4-13-30-53)54-31-14-5-15-32-54/h1-45H. The maximum Gasteiger partial charge on any atom is 0.186 e. The van der Waals surface area contributed by atoms with Crippen LogP contribution >= 0.6 is 0 Å². The van der Waals surface area contributed by atoms with Crippen molar-refractivity contribution in [3.05, 3.63) is 273 Å². The smallest absolute Gasteiger partial charge is 0.186 e. The van der Waals surface area contributed by atoms with Gasteiger partial charge in [0.2, 0.25) is 0 Å². The van der Waals surface area contributed by atoms with Gasteiger partial charge in [-0.15, -0.1) is 0 Å². The van der Waals surface area contributed by atoms with Crippen molar-refractivity contribution in [3.8, 4) is 16.8 Å². The van der Waals surface area contributed by atoms with Crippen molar-refractivity contribution in [2.45, 2.75) is 0 Å². The van der Waals surface area contributed by atoms with Crippen LogP contribution in [0.5, 0.6) is 0 Å². The summed E-state index contributed by atoms with van der Waals surface area (Å²) in [6.45, 7) is 0. The number of hydrogen-bond donors (Lipinski definition) is 0. The van der Waals surface area contributed by atoms with Crippen molar-refractivity contribution in [1.29, 1.82) is 0 Å². The predicted molar refractivity (Wildman–Crippen MR) is 290 cm³/mol. The Labute approximate surface area is 397 Å². The van der Waals surface area contributed by atoms with Crippen LogP contribution < -0.4 is 30.5 Å². The molecule has 0 atom stereocenters. The molecule has 1 aliphatic rings. The normalized spacial score (nSPS) is 12.8. The van der Waals surface area contributed by atoms with E-state index < -0.39 is 8.07 Å². The maximum absolute atomic E-state index is 3.15. The molecular formula is C64H45N3Si. The van der Waals surface area contributed by atoms with Crippen LogP contribution in [-0.4, -0.2) is 12.6 Å². The molecule has 0 fully saturated rings. The van der Waals surface area contributed by atoms with E-state index in [-0.39, 0.29) is 0 Å². The number of nitrogens with zero attached hydrogens (tertiary/aromatic N) is 3. The highest BCUT2D eigenvalue weighted by molar-refractivity contribution is 7.22. The molecule has 68 heavy (non-hydrogen) atoms. The van der Waals surface area contributed by atoms with Gasteiger partial charge in [0.25, 0.3) is 0 Å². The zero-order valence-electron chi connectivity index (χ0n) is 37.3. The Morgan fingerprint density at radius 3 is 1.54 bits per heavy atom. The average Bonchev–Trinajstić information content (AvgIpc) is 3.76. The second-order valence-corrected chi connectivity index (χ2v) is 21.3. The third-order valence-corrected chi connectivity index (χ3v) is 18.9. The number of fused-ring (bicyclic) bond motifs is 7. The lowest BCUT2D eigenvalue weighted by Gasteiger charge is -2.44. The van der Waals surface area contributed by atoms with E-state index >= 15 is 0 Å². The minimum Gasteiger partial charge on any atom is -0.310 e. The monoisotopic (exact) mass is 883 g/mol. The highest BCUT2D eigenvalue weighted by Crippen LogP contribution is 2.47. The fourth-order valence-corrected chi connectivity index (χ4v) is 16.4. The van der Waals surface area contributed by atoms with Crippen LogP contribution in [0, 0.1) is 0 Å². The van der Waals surface area contributed by atoms with Crippen LogP contribution in [0.25, 0.3) is 49.3 Å². The Bertz CT molecular complexity index is 3740. The lowest BCUT2D eigenvalue weighted by molar-refractivity contribution is 1.08. The zero-order chi connectivity index (χ0) is 45.0. The van der Waals surface area contributed by atoms with Crippen LogP contribution in [-0.2, 0) is 0 Å². The molecular weight excluding hydrogens is 839 g/mol. The molecule has 11 aromatic carbocycles. The Morgan fingerprint density at radius 2 is 0.868 bits per heavy atom. The molecule has 0 unspecified atom stereocenters. The van der Waals surface area contributed by atoms with Crippen molar-refractivity contribution in [3.63, 3.8) is 0 Å². The van der Waals surface area contributed by atoms with Gasteiger partial charge in [0.15, 0.2) is 8.07 Å². The molecule has 0 saturated heterocycles. The highest BCUT2D eigenvalue weighted by atomic mass is 28.3. The molecule has 1 aliphatic heterocycles. The molecule has 4 heteroatoms. The van der Waals surface area contributed by atoms with E-state index in [2.05, 4.69) is 287 Å². The van der Waals surface area contributed by atoms with Gasteiger partial charge >= 0.3 is 0 Å². The summed E-state index contributed by atoms with van der Waals surface area (Å²) in [6, 6.07) is 101. The molecule has 3 nitrogen and oxygen atoms in total. The summed E-state index contributed by atoms with van der Waals surface area (Å²) >= 11 is 0. The van der Waals surface area contributed by atoms with E-state index in [1.54, 1.807) is 0 Å². The first-order chi connectivity index (χ1) is 33.8. The lowest BCUT2D eigenvalue weighted by atomic mass is 9.98. The molecule has 1 aromatic heterocycles. The van der Waals surface area contributed by atoms with Crippen molar-refractivity contribution >= 4 is 95.5 Å². The molecule has 13 rings (SSSR count). The molecule has 0 radical (unpaired) electrons. The molecule has 0 saturated carbocycles. The fraction of sp³-hybridized carbons (Fsp3) is 0. The summed E-state index contributed by atoms with van der Waals surface area (Å²) in [7, 11) is -3.15. The summed E-state index contributed by atoms with van der Waals surface area (Å²) < 4.78 is 2.54. The van der Waals surface area contributed by atoms with Crippen LogP contribution in [0.15, 0.2) is 273 Å². The lowest BCUT2D eigenvalue weighted by Crippen LogP contribution is -2.77. The second kappa shape index (κ2) is 16.3. The first kappa shape index (κ1) is 39.6. The van der Waals surface area contributed by atoms with E-state index in [1.165, 1.54) is 70.3 Å². The summed E-state index contributed by atoms with van der Waals surface area (Å²) in [5.41, 5.74) is 10.3. The van der Waals surface area contributed by atoms with Crippen LogP contribution in [0.2, 0.25) is 0 Å². The zero-order valence-corrected chi connectivity index (χ0v) is 38.3. The quantitative estimate of drug-likeness (QED) is 0.111. The highest BCUT2D eigenvalue weighted by Gasteiger charge is 2.52. The van der Waals surface area contributed by atoms with Gasteiger partial charge in [0.05, 0.1) is 11.2 Å². The largest absolute Gasteiger partial charge is 0.310 e. The van der Waals surface area contributed by atoms with Gasteiger partial charge in [-0.25, -0.2) is 0 Å². The Hall–Kier alpha value is -8.70. The topological polar surface area (TPSA) is 11.4 Å². The third-order valence-electron chi connectivity index (χ3n) is 14.0. The van der Waals surface area contributed by atoms with Crippen molar-refractivity contribution in [1.82, 2.24) is 4.57 Å². The SMILES string of the molecule is c1ccc(-c2ccc(N(c3ccc4c(c3)c3c(n4-c4ccccc4)N(c4ccccc4)c4ccccc4[Si]3(c3ccccc3)c3ccccc3)c3cc4ccccc4c4ccccc34)cc2)cc1. The summed E-state index contributed by atoms with van der Waals surface area (Å²) in [6.07, 6.45) is 0. The number of benzene rings is 11. The van der Waals surface area contributed by atoms with Gasteiger partial charge in [-0.2, -0.15) is 0 Å². The average molecular weight is 884 g/mol. The van der Waals surface area contributed by atoms with Gasteiger partial charge in [0, 0.05) is 44.4 Å². The van der Waals surface area contributed by atoms with Crippen LogP contribution in [0.3, 0.4) is 0 Å². The van der Waals surface area contributed by atoms with Crippen molar-refractivity contribution in [2.24, 2.45) is 0 Å². The van der Waals surface area contributed by atoms with E-state index in [0.29, 0.717) is 0 Å². The predicted octanol–water partition coefficient (Wildman–Crippen LogP) is 14.2. The molecule has 0 spiro atoms. The van der Waals surface area contributed by atoms with E-state index in [0.717, 1.165) is 34.0 Å². The van der Waals surface area contributed by atoms with Gasteiger partial charge in [-0.1, -0.05) is 206 Å². The fourth-order valence-electron chi connectivity index (χ4n) is 11.1. The number of hydrogen-bond acceptors (Lipinski definition) is 2. The molecule has 0 amide bonds. The number of para-hydroxylation sites is 3. The minimum atomic E-state index is -3.15. The summed E-state index contributed by atoms with van der Waals surface area (Å²) in [5, 5.41) is 11.5. The van der Waals surface area contributed by atoms with E-state index in [1.807, 2.05) is 0 Å². The molecule has 2 heterocycles. The Balaban J connectivity index is 1.19. The molecule has 12 aromatic rings. The molecule has 0 bridgehead atoms. The van der Waals surface area contributed by atoms with Gasteiger partial charge in [0.1, 0.15) is 5.82 Å². The first-order valence-corrected chi connectivity index (χ1v) is 25.4. The van der Waals surface area contributed by atoms with Crippen LogP contribution in [0.1, 0.15) is 0 Å². The molecule has 0 N–H and O–H groups in total. The van der Waals surface area contributed by atoms with Gasteiger partial charge < -0.3 is 4.90 Å². The first-order valence-electron chi connectivity index (χ1n) is 23.4. The minimum absolute atomic E-state index is 1.09. The van der Waals surface area contributed by atoms with Crippen LogP contribution in [0.4, 0.5) is 34.3 Å². The third kappa shape index (κ3) is 6.19. The Morgan fingerprint density at radius 1 is 0.353 bits per heavy atom. The maximum atomic E-state index is 2.54. The molecule has 0 aliphatic carbocycles. The Kier molecular flexibility index (Phi) is 9.51. The number of aromatic nitrogens is 1. The van der Waals surface area contributed by atoms with E-state index in [9.17, 15) is 0 Å². The summed E-state index contributed by atoms with van der Waals surface area (Å²) in [4.78, 5) is 5.03.